The van der Waals surface area contributed by atoms with Crippen molar-refractivity contribution < 1.29 is 34.4 Å². The van der Waals surface area contributed by atoms with E-state index in [1.54, 1.807) is 12.1 Å². The highest BCUT2D eigenvalue weighted by Crippen LogP contribution is 2.43. The van der Waals surface area contributed by atoms with Crippen LogP contribution in [0, 0.1) is 0 Å². The number of nitrogens with zero attached hydrogens (tertiary/aromatic N) is 1. The second kappa shape index (κ2) is 7.61. The topological polar surface area (TPSA) is 117 Å². The normalized spacial score (nSPS) is 19.0. The van der Waals surface area contributed by atoms with Gasteiger partial charge >= 0.3 is 0 Å². The van der Waals surface area contributed by atoms with Gasteiger partial charge in [0.05, 0.1) is 18.2 Å². The standard InChI is InChI=1S/C23H17NO7S/c25-15-5-3-12(8-16(15)26)20-19(21(27)13-4-6-17-18(9-13)31-11-30-17)22(28)23(29)24(20)10-14-2-1-7-32-14/h1-9,20,25-27H,10-11H2/b21-19+. The van der Waals surface area contributed by atoms with E-state index in [2.05, 4.69) is 0 Å². The van der Waals surface area contributed by atoms with Crippen LogP contribution in [0.25, 0.3) is 5.76 Å². The molecule has 162 valence electrons. The smallest absolute Gasteiger partial charge is 0.295 e. The molecule has 2 aliphatic heterocycles. The zero-order chi connectivity index (χ0) is 22.4. The van der Waals surface area contributed by atoms with Crippen LogP contribution < -0.4 is 9.47 Å². The van der Waals surface area contributed by atoms with Crippen molar-refractivity contribution in [2.24, 2.45) is 0 Å². The SMILES string of the molecule is O=C1C(=O)N(Cc2cccs2)C(c2ccc(O)c(O)c2)/C1=C(\O)c1ccc2c(c1)OCO2. The van der Waals surface area contributed by atoms with E-state index in [4.69, 9.17) is 9.47 Å². The summed E-state index contributed by atoms with van der Waals surface area (Å²) in [5.74, 6) is -1.77. The fraction of sp³-hybridized carbons (Fsp3) is 0.130. The highest BCUT2D eigenvalue weighted by Gasteiger charge is 2.46. The Labute approximate surface area is 186 Å². The summed E-state index contributed by atoms with van der Waals surface area (Å²) in [6, 6.07) is 11.5. The third kappa shape index (κ3) is 3.23. The van der Waals surface area contributed by atoms with Gasteiger partial charge in [-0.25, -0.2) is 0 Å². The first kappa shape index (κ1) is 20.0. The maximum atomic E-state index is 13.1. The maximum absolute atomic E-state index is 13.1. The molecule has 3 aromatic rings. The van der Waals surface area contributed by atoms with Gasteiger partial charge in [-0.05, 0) is 47.3 Å². The molecule has 1 aromatic heterocycles. The second-order valence-corrected chi connectivity index (χ2v) is 8.35. The Bertz CT molecular complexity index is 1270. The highest BCUT2D eigenvalue weighted by atomic mass is 32.1. The minimum atomic E-state index is -0.964. The van der Waals surface area contributed by atoms with E-state index in [0.717, 1.165) is 4.88 Å². The van der Waals surface area contributed by atoms with Crippen molar-refractivity contribution >= 4 is 28.8 Å². The number of fused-ring (bicyclic) bond motifs is 1. The second-order valence-electron chi connectivity index (χ2n) is 7.32. The van der Waals surface area contributed by atoms with Crippen molar-refractivity contribution in [2.45, 2.75) is 12.6 Å². The number of ether oxygens (including phenoxy) is 2. The number of carbonyl (C=O) groups is 2. The minimum Gasteiger partial charge on any atom is -0.507 e. The summed E-state index contributed by atoms with van der Waals surface area (Å²) in [7, 11) is 0. The summed E-state index contributed by atoms with van der Waals surface area (Å²) in [5, 5.41) is 32.7. The van der Waals surface area contributed by atoms with Crippen LogP contribution in [-0.2, 0) is 16.1 Å². The number of ketones is 1. The lowest BCUT2D eigenvalue weighted by Crippen LogP contribution is -2.28. The molecule has 0 aliphatic carbocycles. The van der Waals surface area contributed by atoms with Crippen LogP contribution in [0.4, 0.5) is 0 Å². The van der Waals surface area contributed by atoms with Crippen molar-refractivity contribution in [1.82, 2.24) is 4.90 Å². The zero-order valence-electron chi connectivity index (χ0n) is 16.5. The number of hydrogen-bond donors (Lipinski definition) is 3. The van der Waals surface area contributed by atoms with Crippen LogP contribution in [-0.4, -0.2) is 38.7 Å². The summed E-state index contributed by atoms with van der Waals surface area (Å²) in [6.07, 6.45) is 0. The molecule has 3 N–H and O–H groups in total. The van der Waals surface area contributed by atoms with Gasteiger partial charge in [0.25, 0.3) is 11.7 Å². The summed E-state index contributed by atoms with van der Waals surface area (Å²) < 4.78 is 10.6. The summed E-state index contributed by atoms with van der Waals surface area (Å²) in [6.45, 7) is 0.198. The first-order valence-electron chi connectivity index (χ1n) is 9.66. The number of aliphatic hydroxyl groups is 1. The first-order chi connectivity index (χ1) is 15.4. The van der Waals surface area contributed by atoms with Gasteiger partial charge in [-0.15, -0.1) is 11.3 Å². The van der Waals surface area contributed by atoms with Gasteiger partial charge in [0.1, 0.15) is 5.76 Å². The molecule has 5 rings (SSSR count). The van der Waals surface area contributed by atoms with Gasteiger partial charge in [-0.2, -0.15) is 0 Å². The number of likely N-dealkylation sites (tertiary alicyclic amines) is 1. The summed E-state index contributed by atoms with van der Waals surface area (Å²) in [4.78, 5) is 28.2. The van der Waals surface area contributed by atoms with Crippen LogP contribution in [0.15, 0.2) is 59.5 Å². The van der Waals surface area contributed by atoms with E-state index in [0.29, 0.717) is 17.1 Å². The van der Waals surface area contributed by atoms with Crippen molar-refractivity contribution in [3.05, 3.63) is 75.5 Å². The first-order valence-corrected chi connectivity index (χ1v) is 10.5. The third-order valence-electron chi connectivity index (χ3n) is 5.41. The van der Waals surface area contributed by atoms with Gasteiger partial charge in [0, 0.05) is 10.4 Å². The fourth-order valence-electron chi connectivity index (χ4n) is 3.87. The molecule has 1 saturated heterocycles. The van der Waals surface area contributed by atoms with E-state index < -0.39 is 23.5 Å². The summed E-state index contributed by atoms with van der Waals surface area (Å²) >= 11 is 1.43. The monoisotopic (exact) mass is 451 g/mol. The molecule has 0 spiro atoms. The minimum absolute atomic E-state index is 0.0531. The van der Waals surface area contributed by atoms with E-state index in [9.17, 15) is 24.9 Å². The van der Waals surface area contributed by atoms with Gasteiger partial charge in [-0.1, -0.05) is 12.1 Å². The van der Waals surface area contributed by atoms with Gasteiger partial charge in [-0.3, -0.25) is 9.59 Å². The van der Waals surface area contributed by atoms with Crippen LogP contribution >= 0.6 is 11.3 Å². The largest absolute Gasteiger partial charge is 0.507 e. The van der Waals surface area contributed by atoms with E-state index in [1.165, 1.54) is 40.5 Å². The zero-order valence-corrected chi connectivity index (χ0v) is 17.3. The molecular formula is C23H17NO7S. The Morgan fingerprint density at radius 3 is 2.59 bits per heavy atom. The number of carbonyl (C=O) groups excluding carboxylic acids is 2. The summed E-state index contributed by atoms with van der Waals surface area (Å²) in [5.41, 5.74) is 0.547. The lowest BCUT2D eigenvalue weighted by molar-refractivity contribution is -0.140. The number of aliphatic hydroxyl groups excluding tert-OH is 1. The number of aromatic hydroxyl groups is 2. The van der Waals surface area contributed by atoms with Crippen molar-refractivity contribution in [3.8, 4) is 23.0 Å². The maximum Gasteiger partial charge on any atom is 0.295 e. The average Bonchev–Trinajstić information content (AvgIpc) is 3.52. The molecular weight excluding hydrogens is 434 g/mol. The Hall–Kier alpha value is -3.98. The molecule has 1 atom stereocenters. The molecule has 32 heavy (non-hydrogen) atoms. The molecule has 2 aromatic carbocycles. The molecule has 0 radical (unpaired) electrons. The van der Waals surface area contributed by atoms with Gasteiger partial charge < -0.3 is 29.7 Å². The van der Waals surface area contributed by atoms with Gasteiger partial charge in [0.15, 0.2) is 23.0 Å². The third-order valence-corrected chi connectivity index (χ3v) is 6.27. The Balaban J connectivity index is 1.66. The molecule has 1 fully saturated rings. The number of phenolic OH excluding ortho intramolecular Hbond substituents is 2. The number of benzene rings is 2. The number of rotatable bonds is 4. The number of thiophene rings is 1. The lowest BCUT2D eigenvalue weighted by Gasteiger charge is -2.25. The highest BCUT2D eigenvalue weighted by molar-refractivity contribution is 7.09. The Morgan fingerprint density at radius 2 is 1.84 bits per heavy atom. The molecule has 9 heteroatoms. The predicted molar refractivity (Wildman–Crippen MR) is 115 cm³/mol. The fourth-order valence-corrected chi connectivity index (χ4v) is 4.57. The molecule has 0 bridgehead atoms. The molecule has 3 heterocycles. The van der Waals surface area contributed by atoms with Crippen LogP contribution in [0.3, 0.4) is 0 Å². The lowest BCUT2D eigenvalue weighted by atomic mass is 9.95. The van der Waals surface area contributed by atoms with Crippen LogP contribution in [0.1, 0.15) is 22.0 Å². The van der Waals surface area contributed by atoms with Crippen LogP contribution in [0.2, 0.25) is 0 Å². The molecule has 0 saturated carbocycles. The van der Waals surface area contributed by atoms with E-state index in [1.807, 2.05) is 17.5 Å². The number of amides is 1. The number of hydrogen-bond acceptors (Lipinski definition) is 8. The molecule has 2 aliphatic rings. The van der Waals surface area contributed by atoms with E-state index >= 15 is 0 Å². The van der Waals surface area contributed by atoms with Crippen molar-refractivity contribution in [3.63, 3.8) is 0 Å². The Morgan fingerprint density at radius 1 is 1.03 bits per heavy atom. The van der Waals surface area contributed by atoms with Crippen LogP contribution in [0.5, 0.6) is 23.0 Å². The number of Topliss-reactive ketones (excluding diaryl/α,β-unsaturated/α-hetero) is 1. The van der Waals surface area contributed by atoms with Crippen molar-refractivity contribution in [2.75, 3.05) is 6.79 Å². The molecule has 1 amide bonds. The number of phenols is 2. The quantitative estimate of drug-likeness (QED) is 0.241. The van der Waals surface area contributed by atoms with Gasteiger partial charge in [0.2, 0.25) is 6.79 Å². The average molecular weight is 451 g/mol. The predicted octanol–water partition coefficient (Wildman–Crippen LogP) is 3.51. The Kier molecular flexibility index (Phi) is 4.75. The molecule has 1 unspecified atom stereocenters. The van der Waals surface area contributed by atoms with E-state index in [-0.39, 0.29) is 36.0 Å². The van der Waals surface area contributed by atoms with Crippen molar-refractivity contribution in [1.29, 1.82) is 0 Å². The molecule has 8 nitrogen and oxygen atoms in total.